The van der Waals surface area contributed by atoms with Gasteiger partial charge in [0.15, 0.2) is 0 Å². The quantitative estimate of drug-likeness (QED) is 0.925. The van der Waals surface area contributed by atoms with Crippen LogP contribution in [-0.4, -0.2) is 23.9 Å². The Labute approximate surface area is 119 Å². The van der Waals surface area contributed by atoms with Gasteiger partial charge >= 0.3 is 0 Å². The standard InChI is InChI=1S/C17H18N2O/c1-19-16(14-10-6-3-7-11-14)18-15(17(19)20)12-13-8-4-2-5-9-13/h2-11,15-16,18H,12H2,1H3. The number of rotatable bonds is 3. The molecule has 1 N–H and O–H groups in total. The molecule has 0 radical (unpaired) electrons. The van der Waals surface area contributed by atoms with Gasteiger partial charge in [-0.3, -0.25) is 10.1 Å². The first-order valence-electron chi connectivity index (χ1n) is 6.87. The Morgan fingerprint density at radius 1 is 1.00 bits per heavy atom. The maximum Gasteiger partial charge on any atom is 0.241 e. The number of hydrogen-bond donors (Lipinski definition) is 1. The van der Waals surface area contributed by atoms with Crippen molar-refractivity contribution in [2.45, 2.75) is 18.6 Å². The molecule has 2 unspecified atom stereocenters. The van der Waals surface area contributed by atoms with Crippen LogP contribution in [0, 0.1) is 0 Å². The second-order valence-electron chi connectivity index (χ2n) is 5.17. The van der Waals surface area contributed by atoms with E-state index in [4.69, 9.17) is 0 Å². The smallest absolute Gasteiger partial charge is 0.241 e. The van der Waals surface area contributed by atoms with E-state index < -0.39 is 0 Å². The maximum atomic E-state index is 12.4. The molecule has 2 aromatic carbocycles. The molecule has 3 heteroatoms. The molecule has 102 valence electrons. The fourth-order valence-corrected chi connectivity index (χ4v) is 2.70. The lowest BCUT2D eigenvalue weighted by atomic mass is 10.1. The minimum absolute atomic E-state index is 0.0302. The first-order valence-corrected chi connectivity index (χ1v) is 6.87. The third-order valence-electron chi connectivity index (χ3n) is 3.79. The van der Waals surface area contributed by atoms with Crippen LogP contribution in [0.25, 0.3) is 0 Å². The molecular formula is C17H18N2O. The summed E-state index contributed by atoms with van der Waals surface area (Å²) < 4.78 is 0. The van der Waals surface area contributed by atoms with Crippen LogP contribution in [0.1, 0.15) is 17.3 Å². The van der Waals surface area contributed by atoms with Gasteiger partial charge in [0.1, 0.15) is 6.17 Å². The van der Waals surface area contributed by atoms with Crippen LogP contribution in [-0.2, 0) is 11.2 Å². The van der Waals surface area contributed by atoms with Crippen LogP contribution < -0.4 is 5.32 Å². The van der Waals surface area contributed by atoms with Crippen molar-refractivity contribution < 1.29 is 4.79 Å². The molecule has 1 aliphatic rings. The van der Waals surface area contributed by atoms with E-state index in [0.29, 0.717) is 0 Å². The van der Waals surface area contributed by atoms with Crippen LogP contribution in [0.4, 0.5) is 0 Å². The summed E-state index contributed by atoms with van der Waals surface area (Å²) in [5.74, 6) is 0.155. The fraction of sp³-hybridized carbons (Fsp3) is 0.235. The van der Waals surface area contributed by atoms with Crippen LogP contribution in [0.15, 0.2) is 60.7 Å². The largest absolute Gasteiger partial charge is 0.325 e. The van der Waals surface area contributed by atoms with Gasteiger partial charge in [0.25, 0.3) is 0 Å². The SMILES string of the molecule is CN1C(=O)C(Cc2ccccc2)NC1c1ccccc1. The number of amides is 1. The molecule has 1 heterocycles. The van der Waals surface area contributed by atoms with Crippen LogP contribution in [0.2, 0.25) is 0 Å². The predicted molar refractivity (Wildman–Crippen MR) is 79.0 cm³/mol. The summed E-state index contributed by atoms with van der Waals surface area (Å²) in [7, 11) is 1.86. The number of hydrogen-bond acceptors (Lipinski definition) is 2. The van der Waals surface area contributed by atoms with E-state index in [1.54, 1.807) is 4.90 Å². The van der Waals surface area contributed by atoms with Gasteiger partial charge in [-0.25, -0.2) is 0 Å². The molecule has 0 saturated carbocycles. The second kappa shape index (κ2) is 5.47. The van der Waals surface area contributed by atoms with Crippen molar-refractivity contribution in [2.75, 3.05) is 7.05 Å². The van der Waals surface area contributed by atoms with E-state index >= 15 is 0 Å². The maximum absolute atomic E-state index is 12.4. The molecule has 0 aromatic heterocycles. The summed E-state index contributed by atoms with van der Waals surface area (Å²) in [6, 6.07) is 20.1. The topological polar surface area (TPSA) is 32.3 Å². The molecule has 0 spiro atoms. The predicted octanol–water partition coefficient (Wildman–Crippen LogP) is 2.36. The van der Waals surface area contributed by atoms with Gasteiger partial charge in [0.2, 0.25) is 5.91 Å². The van der Waals surface area contributed by atoms with Crippen molar-refractivity contribution in [1.29, 1.82) is 0 Å². The Morgan fingerprint density at radius 2 is 1.60 bits per heavy atom. The van der Waals surface area contributed by atoms with Gasteiger partial charge < -0.3 is 4.90 Å². The van der Waals surface area contributed by atoms with E-state index in [1.807, 2.05) is 55.6 Å². The monoisotopic (exact) mass is 266 g/mol. The molecule has 0 aliphatic carbocycles. The Morgan fingerprint density at radius 3 is 2.25 bits per heavy atom. The fourth-order valence-electron chi connectivity index (χ4n) is 2.70. The first kappa shape index (κ1) is 12.9. The van der Waals surface area contributed by atoms with Crippen molar-refractivity contribution in [1.82, 2.24) is 10.2 Å². The number of carbonyl (C=O) groups excluding carboxylic acids is 1. The van der Waals surface area contributed by atoms with E-state index in [0.717, 1.165) is 12.0 Å². The van der Waals surface area contributed by atoms with E-state index in [-0.39, 0.29) is 18.1 Å². The van der Waals surface area contributed by atoms with Crippen molar-refractivity contribution >= 4 is 5.91 Å². The summed E-state index contributed by atoms with van der Waals surface area (Å²) in [6.07, 6.45) is 0.699. The van der Waals surface area contributed by atoms with Crippen LogP contribution >= 0.6 is 0 Å². The van der Waals surface area contributed by atoms with Crippen molar-refractivity contribution in [2.24, 2.45) is 0 Å². The van der Waals surface area contributed by atoms with Crippen molar-refractivity contribution in [3.63, 3.8) is 0 Å². The zero-order valence-corrected chi connectivity index (χ0v) is 11.5. The van der Waals surface area contributed by atoms with Gasteiger partial charge in [-0.15, -0.1) is 0 Å². The van der Waals surface area contributed by atoms with Crippen molar-refractivity contribution in [3.8, 4) is 0 Å². The Hall–Kier alpha value is -2.13. The summed E-state index contributed by atoms with van der Waals surface area (Å²) in [6.45, 7) is 0. The Balaban J connectivity index is 1.77. The molecule has 2 atom stereocenters. The number of nitrogens with one attached hydrogen (secondary N) is 1. The highest BCUT2D eigenvalue weighted by atomic mass is 16.2. The molecule has 1 amide bonds. The zero-order valence-electron chi connectivity index (χ0n) is 11.5. The Bertz CT molecular complexity index is 582. The molecule has 20 heavy (non-hydrogen) atoms. The first-order chi connectivity index (χ1) is 9.75. The highest BCUT2D eigenvalue weighted by Crippen LogP contribution is 2.24. The highest BCUT2D eigenvalue weighted by molar-refractivity contribution is 5.84. The van der Waals surface area contributed by atoms with Gasteiger partial charge in [0, 0.05) is 7.05 Å². The lowest BCUT2D eigenvalue weighted by Crippen LogP contribution is -2.31. The molecule has 1 saturated heterocycles. The number of carbonyl (C=O) groups is 1. The molecule has 0 bridgehead atoms. The second-order valence-corrected chi connectivity index (χ2v) is 5.17. The summed E-state index contributed by atoms with van der Waals surface area (Å²) in [4.78, 5) is 14.2. The third kappa shape index (κ3) is 2.45. The highest BCUT2D eigenvalue weighted by Gasteiger charge is 2.36. The minimum Gasteiger partial charge on any atom is -0.325 e. The molecular weight excluding hydrogens is 248 g/mol. The number of likely N-dealkylation sites (N-methyl/N-ethyl adjacent to an activating group) is 1. The molecule has 2 aromatic rings. The zero-order chi connectivity index (χ0) is 13.9. The third-order valence-corrected chi connectivity index (χ3v) is 3.79. The summed E-state index contributed by atoms with van der Waals surface area (Å²) in [5.41, 5.74) is 2.30. The van der Waals surface area contributed by atoms with E-state index in [9.17, 15) is 4.79 Å². The minimum atomic E-state index is -0.146. The normalized spacial score (nSPS) is 22.2. The van der Waals surface area contributed by atoms with Gasteiger partial charge in [-0.2, -0.15) is 0 Å². The van der Waals surface area contributed by atoms with Gasteiger partial charge in [0.05, 0.1) is 6.04 Å². The average Bonchev–Trinajstić information content (AvgIpc) is 2.78. The number of nitrogens with zero attached hydrogens (tertiary/aromatic N) is 1. The average molecular weight is 266 g/mol. The molecule has 1 fully saturated rings. The Kier molecular flexibility index (Phi) is 3.52. The van der Waals surface area contributed by atoms with Crippen LogP contribution in [0.3, 0.4) is 0 Å². The van der Waals surface area contributed by atoms with Crippen LogP contribution in [0.5, 0.6) is 0 Å². The van der Waals surface area contributed by atoms with Crippen molar-refractivity contribution in [3.05, 3.63) is 71.8 Å². The summed E-state index contributed by atoms with van der Waals surface area (Å²) in [5, 5.41) is 3.43. The molecule has 1 aliphatic heterocycles. The van der Waals surface area contributed by atoms with E-state index in [2.05, 4.69) is 17.4 Å². The summed E-state index contributed by atoms with van der Waals surface area (Å²) >= 11 is 0. The lowest BCUT2D eigenvalue weighted by Gasteiger charge is -2.19. The number of benzene rings is 2. The van der Waals surface area contributed by atoms with Gasteiger partial charge in [-0.1, -0.05) is 60.7 Å². The molecule has 3 rings (SSSR count). The van der Waals surface area contributed by atoms with Gasteiger partial charge in [-0.05, 0) is 17.5 Å². The van der Waals surface area contributed by atoms with E-state index in [1.165, 1.54) is 5.56 Å². The lowest BCUT2D eigenvalue weighted by molar-refractivity contribution is -0.128. The molecule has 3 nitrogen and oxygen atoms in total.